The number of amides is 1. The summed E-state index contributed by atoms with van der Waals surface area (Å²) in [6.07, 6.45) is 8.33. The third kappa shape index (κ3) is 2.68. The molecule has 0 bridgehead atoms. The molecule has 2 aliphatic rings. The van der Waals surface area contributed by atoms with E-state index in [0.717, 1.165) is 19.4 Å². The molecular formula is C14H23NO3. The number of carboxylic acid groups (broad SMARTS) is 1. The van der Waals surface area contributed by atoms with Crippen LogP contribution < -0.4 is 0 Å². The Morgan fingerprint density at radius 3 is 2.39 bits per heavy atom. The van der Waals surface area contributed by atoms with Gasteiger partial charge in [0, 0.05) is 12.6 Å². The van der Waals surface area contributed by atoms with E-state index in [9.17, 15) is 9.59 Å². The summed E-state index contributed by atoms with van der Waals surface area (Å²) in [6, 6.07) is 0.305. The van der Waals surface area contributed by atoms with Gasteiger partial charge in [0.25, 0.3) is 0 Å². The largest absolute Gasteiger partial charge is 0.481 e. The van der Waals surface area contributed by atoms with Crippen LogP contribution in [0.3, 0.4) is 0 Å². The Morgan fingerprint density at radius 1 is 1.11 bits per heavy atom. The average Bonchev–Trinajstić information content (AvgIpc) is 2.87. The van der Waals surface area contributed by atoms with Gasteiger partial charge in [-0.2, -0.15) is 0 Å². The summed E-state index contributed by atoms with van der Waals surface area (Å²) in [5, 5.41) is 8.96. The lowest BCUT2D eigenvalue weighted by atomic mass is 9.82. The zero-order valence-corrected chi connectivity index (χ0v) is 11.1. The van der Waals surface area contributed by atoms with Gasteiger partial charge in [-0.3, -0.25) is 9.59 Å². The molecule has 1 amide bonds. The van der Waals surface area contributed by atoms with Gasteiger partial charge in [-0.15, -0.1) is 0 Å². The second kappa shape index (κ2) is 5.72. The van der Waals surface area contributed by atoms with Gasteiger partial charge >= 0.3 is 5.97 Å². The summed E-state index contributed by atoms with van der Waals surface area (Å²) in [6.45, 7) is 2.25. The van der Waals surface area contributed by atoms with Crippen LogP contribution in [0.5, 0.6) is 0 Å². The number of hydrogen-bond acceptors (Lipinski definition) is 2. The predicted octanol–water partition coefficient (Wildman–Crippen LogP) is 2.28. The first kappa shape index (κ1) is 13.4. The van der Waals surface area contributed by atoms with Crippen LogP contribution >= 0.6 is 0 Å². The highest BCUT2D eigenvalue weighted by atomic mass is 16.4. The molecule has 1 saturated heterocycles. The second-order valence-corrected chi connectivity index (χ2v) is 5.70. The minimum absolute atomic E-state index is 0.185. The molecule has 18 heavy (non-hydrogen) atoms. The zero-order chi connectivity index (χ0) is 13.1. The molecule has 2 rings (SSSR count). The number of nitrogens with zero attached hydrogens (tertiary/aromatic N) is 1. The van der Waals surface area contributed by atoms with Crippen molar-refractivity contribution in [2.45, 2.75) is 57.9 Å². The van der Waals surface area contributed by atoms with Gasteiger partial charge in [-0.1, -0.05) is 19.3 Å². The summed E-state index contributed by atoms with van der Waals surface area (Å²) < 4.78 is 0. The van der Waals surface area contributed by atoms with Crippen LogP contribution in [-0.2, 0) is 9.59 Å². The summed E-state index contributed by atoms with van der Waals surface area (Å²) >= 11 is 0. The van der Waals surface area contributed by atoms with Crippen molar-refractivity contribution < 1.29 is 14.7 Å². The minimum atomic E-state index is -1.01. The quantitative estimate of drug-likeness (QED) is 0.785. The Hall–Kier alpha value is -1.06. The summed E-state index contributed by atoms with van der Waals surface area (Å²) in [4.78, 5) is 25.0. The number of rotatable bonds is 3. The summed E-state index contributed by atoms with van der Waals surface area (Å²) in [5.74, 6) is -1.48. The first-order valence-electron chi connectivity index (χ1n) is 7.14. The molecule has 1 heterocycles. The van der Waals surface area contributed by atoms with Crippen molar-refractivity contribution in [3.8, 4) is 0 Å². The molecule has 2 fully saturated rings. The van der Waals surface area contributed by atoms with Crippen LogP contribution in [0.15, 0.2) is 0 Å². The van der Waals surface area contributed by atoms with Gasteiger partial charge in [-0.05, 0) is 38.5 Å². The standard InChI is InChI=1S/C14H23NO3/c1-10(14(17)18)13(16)15-9-5-8-12(15)11-6-3-2-4-7-11/h10-12H,2-9H2,1H3,(H,17,18). The van der Waals surface area contributed by atoms with Crippen molar-refractivity contribution in [2.75, 3.05) is 6.54 Å². The molecule has 0 spiro atoms. The van der Waals surface area contributed by atoms with Crippen LogP contribution in [0.2, 0.25) is 0 Å². The van der Waals surface area contributed by atoms with Gasteiger partial charge in [0.2, 0.25) is 5.91 Å². The predicted molar refractivity (Wildman–Crippen MR) is 68.1 cm³/mol. The lowest BCUT2D eigenvalue weighted by Crippen LogP contribution is -2.44. The zero-order valence-electron chi connectivity index (χ0n) is 11.1. The first-order valence-corrected chi connectivity index (χ1v) is 7.14. The smallest absolute Gasteiger partial charge is 0.315 e. The topological polar surface area (TPSA) is 57.6 Å². The molecule has 4 heteroatoms. The molecule has 4 nitrogen and oxygen atoms in total. The van der Waals surface area contributed by atoms with Crippen LogP contribution in [0.25, 0.3) is 0 Å². The van der Waals surface area contributed by atoms with E-state index < -0.39 is 11.9 Å². The fourth-order valence-electron chi connectivity index (χ4n) is 3.43. The van der Waals surface area contributed by atoms with E-state index in [1.165, 1.54) is 39.0 Å². The maximum Gasteiger partial charge on any atom is 0.315 e. The molecule has 0 aromatic carbocycles. The lowest BCUT2D eigenvalue weighted by Gasteiger charge is -2.34. The Kier molecular flexibility index (Phi) is 4.25. The van der Waals surface area contributed by atoms with E-state index in [4.69, 9.17) is 5.11 Å². The normalized spacial score (nSPS) is 27.2. The fraction of sp³-hybridized carbons (Fsp3) is 0.857. The number of carboxylic acids is 1. The number of carbonyl (C=O) groups excluding carboxylic acids is 1. The third-order valence-electron chi connectivity index (χ3n) is 4.52. The van der Waals surface area contributed by atoms with Crippen molar-refractivity contribution in [3.63, 3.8) is 0 Å². The fourth-order valence-corrected chi connectivity index (χ4v) is 3.43. The number of hydrogen-bond donors (Lipinski definition) is 1. The monoisotopic (exact) mass is 253 g/mol. The average molecular weight is 253 g/mol. The van der Waals surface area contributed by atoms with E-state index >= 15 is 0 Å². The molecule has 0 aromatic heterocycles. The van der Waals surface area contributed by atoms with Gasteiger partial charge in [-0.25, -0.2) is 0 Å². The van der Waals surface area contributed by atoms with E-state index in [-0.39, 0.29) is 5.91 Å². The highest BCUT2D eigenvalue weighted by Crippen LogP contribution is 2.34. The van der Waals surface area contributed by atoms with Crippen molar-refractivity contribution in [1.82, 2.24) is 4.90 Å². The molecule has 2 atom stereocenters. The molecule has 1 aliphatic carbocycles. The Balaban J connectivity index is 2.02. The summed E-state index contributed by atoms with van der Waals surface area (Å²) in [5.41, 5.74) is 0. The van der Waals surface area contributed by atoms with E-state index in [1.54, 1.807) is 0 Å². The maximum absolute atomic E-state index is 12.2. The molecule has 102 valence electrons. The van der Waals surface area contributed by atoms with E-state index in [0.29, 0.717) is 12.0 Å². The van der Waals surface area contributed by atoms with Crippen molar-refractivity contribution in [3.05, 3.63) is 0 Å². The number of aliphatic carboxylic acids is 1. The van der Waals surface area contributed by atoms with Gasteiger partial charge in [0.15, 0.2) is 0 Å². The number of carbonyl (C=O) groups is 2. The first-order chi connectivity index (χ1) is 8.61. The van der Waals surface area contributed by atoms with Crippen LogP contribution in [0.4, 0.5) is 0 Å². The molecule has 1 aliphatic heterocycles. The minimum Gasteiger partial charge on any atom is -0.481 e. The van der Waals surface area contributed by atoms with Gasteiger partial charge in [0.05, 0.1) is 0 Å². The highest BCUT2D eigenvalue weighted by molar-refractivity contribution is 5.96. The Bertz CT molecular complexity index is 323. The van der Waals surface area contributed by atoms with Crippen LogP contribution in [0.1, 0.15) is 51.9 Å². The summed E-state index contributed by atoms with van der Waals surface area (Å²) in [7, 11) is 0. The van der Waals surface area contributed by atoms with Crippen LogP contribution in [0, 0.1) is 11.8 Å². The number of likely N-dealkylation sites (tertiary alicyclic amines) is 1. The maximum atomic E-state index is 12.2. The lowest BCUT2D eigenvalue weighted by molar-refractivity contribution is -0.151. The highest BCUT2D eigenvalue weighted by Gasteiger charge is 2.38. The van der Waals surface area contributed by atoms with E-state index in [1.807, 2.05) is 4.90 Å². The van der Waals surface area contributed by atoms with Gasteiger partial charge in [0.1, 0.15) is 5.92 Å². The van der Waals surface area contributed by atoms with E-state index in [2.05, 4.69) is 0 Å². The van der Waals surface area contributed by atoms with Gasteiger partial charge < -0.3 is 10.0 Å². The Labute approximate surface area is 108 Å². The van der Waals surface area contributed by atoms with Crippen molar-refractivity contribution in [1.29, 1.82) is 0 Å². The molecular weight excluding hydrogens is 230 g/mol. The van der Waals surface area contributed by atoms with Crippen molar-refractivity contribution in [2.24, 2.45) is 11.8 Å². The molecule has 1 N–H and O–H groups in total. The molecule has 2 unspecified atom stereocenters. The molecule has 1 saturated carbocycles. The SMILES string of the molecule is CC(C(=O)O)C(=O)N1CCCC1C1CCCCC1. The Morgan fingerprint density at radius 2 is 1.78 bits per heavy atom. The van der Waals surface area contributed by atoms with Crippen molar-refractivity contribution >= 4 is 11.9 Å². The second-order valence-electron chi connectivity index (χ2n) is 5.70. The van der Waals surface area contributed by atoms with Crippen LogP contribution in [-0.4, -0.2) is 34.5 Å². The third-order valence-corrected chi connectivity index (χ3v) is 4.52. The molecule has 0 aromatic rings. The molecule has 0 radical (unpaired) electrons.